The van der Waals surface area contributed by atoms with Gasteiger partial charge in [-0.15, -0.1) is 0 Å². The molecule has 1 fully saturated rings. The number of hydrogen-bond donors (Lipinski definition) is 2. The van der Waals surface area contributed by atoms with Crippen molar-refractivity contribution in [2.75, 3.05) is 60.3 Å². The van der Waals surface area contributed by atoms with Crippen molar-refractivity contribution in [2.24, 2.45) is 10.9 Å². The summed E-state index contributed by atoms with van der Waals surface area (Å²) in [6, 6.07) is 7.64. The third kappa shape index (κ3) is 9.28. The van der Waals surface area contributed by atoms with Gasteiger partial charge in [0.1, 0.15) is 11.5 Å². The molecule has 1 saturated heterocycles. The summed E-state index contributed by atoms with van der Waals surface area (Å²) in [6.07, 6.45) is 4.08. The molecule has 0 aromatic heterocycles. The molecule has 158 valence electrons. The highest BCUT2D eigenvalue weighted by molar-refractivity contribution is 5.79. The Hall–Kier alpha value is -1.99. The minimum Gasteiger partial charge on any atom is -0.497 e. The molecule has 7 heteroatoms. The van der Waals surface area contributed by atoms with Gasteiger partial charge in [0, 0.05) is 52.6 Å². The van der Waals surface area contributed by atoms with E-state index >= 15 is 0 Å². The quantitative estimate of drug-likeness (QED) is 0.323. The highest BCUT2D eigenvalue weighted by atomic mass is 16.5. The Balaban J connectivity index is 1.45. The van der Waals surface area contributed by atoms with Gasteiger partial charge in [-0.3, -0.25) is 4.99 Å². The standard InChI is InChI=1S/C21H35N3O4/c1-22-21(23-10-4-12-27-17-18-8-14-26-15-9-18)24-11-5-13-28-20-7-3-6-19(16-20)25-2/h3,6-7,16,18H,4-5,8-15,17H2,1-2H3,(H2,22,23,24). The summed E-state index contributed by atoms with van der Waals surface area (Å²) >= 11 is 0. The van der Waals surface area contributed by atoms with Gasteiger partial charge >= 0.3 is 0 Å². The van der Waals surface area contributed by atoms with Crippen LogP contribution in [0.15, 0.2) is 29.3 Å². The fraction of sp³-hybridized carbons (Fsp3) is 0.667. The zero-order valence-corrected chi connectivity index (χ0v) is 17.2. The molecule has 1 aliphatic rings. The third-order valence-corrected chi connectivity index (χ3v) is 4.60. The number of aliphatic imine (C=N–C) groups is 1. The number of methoxy groups -OCH3 is 1. The van der Waals surface area contributed by atoms with Gasteiger partial charge in [-0.05, 0) is 43.7 Å². The topological polar surface area (TPSA) is 73.3 Å². The number of guanidine groups is 1. The maximum absolute atomic E-state index is 5.78. The first-order valence-electron chi connectivity index (χ1n) is 10.2. The van der Waals surface area contributed by atoms with Crippen molar-refractivity contribution in [1.82, 2.24) is 10.6 Å². The number of nitrogens with one attached hydrogen (secondary N) is 2. The van der Waals surface area contributed by atoms with Crippen LogP contribution in [0, 0.1) is 5.92 Å². The zero-order valence-electron chi connectivity index (χ0n) is 17.2. The summed E-state index contributed by atoms with van der Waals surface area (Å²) in [5.41, 5.74) is 0. The molecule has 0 amide bonds. The van der Waals surface area contributed by atoms with Crippen LogP contribution in [0.5, 0.6) is 11.5 Å². The van der Waals surface area contributed by atoms with E-state index in [1.54, 1.807) is 14.2 Å². The molecule has 0 radical (unpaired) electrons. The number of benzene rings is 1. The average Bonchev–Trinajstić information content (AvgIpc) is 2.75. The summed E-state index contributed by atoms with van der Waals surface area (Å²) in [6.45, 7) is 5.65. The van der Waals surface area contributed by atoms with E-state index < -0.39 is 0 Å². The van der Waals surface area contributed by atoms with Crippen LogP contribution in [0.25, 0.3) is 0 Å². The normalized spacial score (nSPS) is 15.3. The van der Waals surface area contributed by atoms with Gasteiger partial charge in [-0.1, -0.05) is 6.07 Å². The molecule has 1 aliphatic heterocycles. The van der Waals surface area contributed by atoms with Crippen LogP contribution in [0.2, 0.25) is 0 Å². The van der Waals surface area contributed by atoms with E-state index in [0.717, 1.165) is 82.7 Å². The first-order valence-corrected chi connectivity index (χ1v) is 10.2. The summed E-state index contributed by atoms with van der Waals surface area (Å²) in [4.78, 5) is 4.24. The van der Waals surface area contributed by atoms with Gasteiger partial charge in [-0.25, -0.2) is 0 Å². The summed E-state index contributed by atoms with van der Waals surface area (Å²) in [5.74, 6) is 3.10. The summed E-state index contributed by atoms with van der Waals surface area (Å²) in [5, 5.41) is 6.61. The Morgan fingerprint density at radius 1 is 1.11 bits per heavy atom. The van der Waals surface area contributed by atoms with Gasteiger partial charge in [0.25, 0.3) is 0 Å². The Morgan fingerprint density at radius 2 is 1.82 bits per heavy atom. The smallest absolute Gasteiger partial charge is 0.190 e. The highest BCUT2D eigenvalue weighted by Crippen LogP contribution is 2.18. The van der Waals surface area contributed by atoms with Crippen LogP contribution < -0.4 is 20.1 Å². The van der Waals surface area contributed by atoms with Gasteiger partial charge in [0.05, 0.1) is 13.7 Å². The van der Waals surface area contributed by atoms with E-state index in [-0.39, 0.29) is 0 Å². The van der Waals surface area contributed by atoms with Gasteiger partial charge < -0.3 is 29.6 Å². The molecule has 0 saturated carbocycles. The Labute approximate surface area is 168 Å². The molecule has 1 aromatic carbocycles. The van der Waals surface area contributed by atoms with Gasteiger partial charge in [0.15, 0.2) is 5.96 Å². The largest absolute Gasteiger partial charge is 0.497 e. The number of ether oxygens (including phenoxy) is 4. The monoisotopic (exact) mass is 393 g/mol. The van der Waals surface area contributed by atoms with Crippen molar-refractivity contribution in [3.05, 3.63) is 24.3 Å². The molecule has 0 spiro atoms. The molecule has 0 aliphatic carbocycles. The molecule has 0 unspecified atom stereocenters. The van der Waals surface area contributed by atoms with Crippen molar-refractivity contribution in [3.8, 4) is 11.5 Å². The maximum atomic E-state index is 5.78. The summed E-state index contributed by atoms with van der Waals surface area (Å²) < 4.78 is 22.1. The minimum atomic E-state index is 0.636. The predicted molar refractivity (Wildman–Crippen MR) is 111 cm³/mol. The van der Waals surface area contributed by atoms with Gasteiger partial charge in [0.2, 0.25) is 0 Å². The lowest BCUT2D eigenvalue weighted by molar-refractivity contribution is 0.0203. The van der Waals surface area contributed by atoms with E-state index in [4.69, 9.17) is 18.9 Å². The van der Waals surface area contributed by atoms with Crippen molar-refractivity contribution >= 4 is 5.96 Å². The SMILES string of the molecule is CN=C(NCCCOCC1CCOCC1)NCCCOc1cccc(OC)c1. The van der Waals surface area contributed by atoms with Crippen molar-refractivity contribution in [2.45, 2.75) is 25.7 Å². The molecular weight excluding hydrogens is 358 g/mol. The third-order valence-electron chi connectivity index (χ3n) is 4.60. The number of rotatable bonds is 12. The van der Waals surface area contributed by atoms with Crippen LogP contribution >= 0.6 is 0 Å². The van der Waals surface area contributed by atoms with Crippen LogP contribution in [0.1, 0.15) is 25.7 Å². The zero-order chi connectivity index (χ0) is 19.9. The first kappa shape index (κ1) is 22.3. The lowest BCUT2D eigenvalue weighted by atomic mass is 10.0. The molecule has 2 N–H and O–H groups in total. The molecule has 7 nitrogen and oxygen atoms in total. The Morgan fingerprint density at radius 3 is 2.54 bits per heavy atom. The first-order chi connectivity index (χ1) is 13.8. The van der Waals surface area contributed by atoms with Crippen molar-refractivity contribution in [3.63, 3.8) is 0 Å². The lowest BCUT2D eigenvalue weighted by Gasteiger charge is -2.21. The van der Waals surface area contributed by atoms with Crippen LogP contribution in [0.4, 0.5) is 0 Å². The molecule has 28 heavy (non-hydrogen) atoms. The van der Waals surface area contributed by atoms with E-state index in [0.29, 0.717) is 12.5 Å². The number of hydrogen-bond acceptors (Lipinski definition) is 5. The van der Waals surface area contributed by atoms with E-state index in [1.165, 1.54) is 0 Å². The molecular formula is C21H35N3O4. The fourth-order valence-corrected chi connectivity index (χ4v) is 2.92. The fourth-order valence-electron chi connectivity index (χ4n) is 2.92. The average molecular weight is 394 g/mol. The second kappa shape index (κ2) is 14.1. The number of nitrogens with zero attached hydrogens (tertiary/aromatic N) is 1. The molecule has 2 rings (SSSR count). The predicted octanol–water partition coefficient (Wildman–Crippen LogP) is 2.46. The molecule has 1 heterocycles. The maximum Gasteiger partial charge on any atom is 0.190 e. The second-order valence-corrected chi connectivity index (χ2v) is 6.79. The van der Waals surface area contributed by atoms with Crippen molar-refractivity contribution in [1.29, 1.82) is 0 Å². The van der Waals surface area contributed by atoms with Crippen LogP contribution in [-0.4, -0.2) is 66.2 Å². The van der Waals surface area contributed by atoms with E-state index in [9.17, 15) is 0 Å². The van der Waals surface area contributed by atoms with E-state index in [1.807, 2.05) is 24.3 Å². The van der Waals surface area contributed by atoms with Gasteiger partial charge in [-0.2, -0.15) is 0 Å². The second-order valence-electron chi connectivity index (χ2n) is 6.79. The van der Waals surface area contributed by atoms with Crippen molar-refractivity contribution < 1.29 is 18.9 Å². The molecule has 1 aromatic rings. The van der Waals surface area contributed by atoms with Crippen LogP contribution in [-0.2, 0) is 9.47 Å². The highest BCUT2D eigenvalue weighted by Gasteiger charge is 2.13. The Kier molecular flexibility index (Phi) is 11.2. The Bertz CT molecular complexity index is 562. The van der Waals surface area contributed by atoms with E-state index in [2.05, 4.69) is 15.6 Å². The lowest BCUT2D eigenvalue weighted by Crippen LogP contribution is -2.38. The molecule has 0 atom stereocenters. The summed E-state index contributed by atoms with van der Waals surface area (Å²) in [7, 11) is 3.43. The van der Waals surface area contributed by atoms with Crippen LogP contribution in [0.3, 0.4) is 0 Å². The minimum absolute atomic E-state index is 0.636. The molecule has 0 bridgehead atoms.